The van der Waals surface area contributed by atoms with Gasteiger partial charge < -0.3 is 5.32 Å². The van der Waals surface area contributed by atoms with E-state index in [0.717, 1.165) is 11.4 Å². The van der Waals surface area contributed by atoms with Crippen LogP contribution >= 0.6 is 0 Å². The highest BCUT2D eigenvalue weighted by atomic mass is 32.2. The Morgan fingerprint density at radius 2 is 1.75 bits per heavy atom. The van der Waals surface area contributed by atoms with Crippen LogP contribution in [0.15, 0.2) is 11.0 Å². The molecule has 0 spiro atoms. The van der Waals surface area contributed by atoms with Crippen LogP contribution in [0.1, 0.15) is 6.42 Å². The first-order valence-electron chi connectivity index (χ1n) is 5.78. The Bertz CT molecular complexity index is 604. The summed E-state index contributed by atoms with van der Waals surface area (Å²) in [5.41, 5.74) is 0. The zero-order chi connectivity index (χ0) is 15.1. The van der Waals surface area contributed by atoms with E-state index in [1.54, 1.807) is 0 Å². The molecule has 112 valence electrons. The molecule has 0 bridgehead atoms. The zero-order valence-electron chi connectivity index (χ0n) is 10.5. The van der Waals surface area contributed by atoms with Gasteiger partial charge in [-0.3, -0.25) is 0 Å². The second-order valence-electron chi connectivity index (χ2n) is 4.47. The average molecular weight is 312 g/mol. The van der Waals surface area contributed by atoms with Gasteiger partial charge in [-0.15, -0.1) is 0 Å². The van der Waals surface area contributed by atoms with E-state index in [-0.39, 0.29) is 6.07 Å². The van der Waals surface area contributed by atoms with Gasteiger partial charge in [0.25, 0.3) is 0 Å². The lowest BCUT2D eigenvalue weighted by molar-refractivity contribution is 0.370. The molecule has 1 aliphatic heterocycles. The highest BCUT2D eigenvalue weighted by Crippen LogP contribution is 2.27. The average Bonchev–Trinajstić information content (AvgIpc) is 2.89. The predicted molar refractivity (Wildman–Crippen MR) is 62.5 cm³/mol. The topological polar surface area (TPSA) is 49.4 Å². The molecular weight excluding hydrogens is 300 g/mol. The largest absolute Gasteiger partial charge is 0.315 e. The fourth-order valence-corrected chi connectivity index (χ4v) is 3.58. The maximum absolute atomic E-state index is 13.6. The molecule has 2 rings (SSSR count). The molecule has 0 aromatic heterocycles. The molecule has 4 nitrogen and oxygen atoms in total. The molecule has 1 aliphatic rings. The molecule has 0 aliphatic carbocycles. The standard InChI is InChI=1S/C11H12F4N2O2S/c1-17(6-2-3-16-5-6)20(18,19)11-9(14)7(12)4-8(13)10(11)15/h4,6,16H,2-3,5H2,1H3. The van der Waals surface area contributed by atoms with Crippen molar-refractivity contribution in [1.29, 1.82) is 0 Å². The van der Waals surface area contributed by atoms with Gasteiger partial charge in [0.15, 0.2) is 28.2 Å². The Hall–Kier alpha value is -1.19. The summed E-state index contributed by atoms with van der Waals surface area (Å²) in [6.07, 6.45) is 0.441. The number of nitrogens with zero attached hydrogens (tertiary/aromatic N) is 1. The molecule has 1 aromatic carbocycles. The molecule has 0 amide bonds. The van der Waals surface area contributed by atoms with Crippen molar-refractivity contribution in [2.45, 2.75) is 17.4 Å². The molecule has 1 saturated heterocycles. The van der Waals surface area contributed by atoms with Crippen molar-refractivity contribution in [3.05, 3.63) is 29.3 Å². The molecule has 1 atom stereocenters. The first-order chi connectivity index (χ1) is 9.26. The van der Waals surface area contributed by atoms with E-state index >= 15 is 0 Å². The molecule has 0 radical (unpaired) electrons. The van der Waals surface area contributed by atoms with Gasteiger partial charge in [0.2, 0.25) is 10.0 Å². The van der Waals surface area contributed by atoms with Gasteiger partial charge >= 0.3 is 0 Å². The Morgan fingerprint density at radius 1 is 1.20 bits per heavy atom. The first kappa shape index (κ1) is 15.2. The first-order valence-corrected chi connectivity index (χ1v) is 7.22. The minimum absolute atomic E-state index is 0.0270. The monoisotopic (exact) mass is 312 g/mol. The Labute approximate surface area is 113 Å². The van der Waals surface area contributed by atoms with Crippen LogP contribution in [0.25, 0.3) is 0 Å². The third-order valence-electron chi connectivity index (χ3n) is 3.26. The Kier molecular flexibility index (Phi) is 4.03. The van der Waals surface area contributed by atoms with Crippen molar-refractivity contribution >= 4 is 10.0 Å². The number of benzene rings is 1. The molecular formula is C11H12F4N2O2S. The fourth-order valence-electron chi connectivity index (χ4n) is 2.07. The minimum Gasteiger partial charge on any atom is -0.315 e. The van der Waals surface area contributed by atoms with Crippen LogP contribution < -0.4 is 5.32 Å². The second-order valence-corrected chi connectivity index (χ2v) is 6.40. The minimum atomic E-state index is -4.67. The van der Waals surface area contributed by atoms with Gasteiger partial charge in [-0.2, -0.15) is 4.31 Å². The summed E-state index contributed by atoms with van der Waals surface area (Å²) in [4.78, 5) is -1.59. The summed E-state index contributed by atoms with van der Waals surface area (Å²) < 4.78 is 78.4. The van der Waals surface area contributed by atoms with E-state index in [0.29, 0.717) is 19.5 Å². The molecule has 0 saturated carbocycles. The van der Waals surface area contributed by atoms with E-state index in [9.17, 15) is 26.0 Å². The van der Waals surface area contributed by atoms with Gasteiger partial charge in [-0.25, -0.2) is 26.0 Å². The lowest BCUT2D eigenvalue weighted by atomic mass is 10.3. The van der Waals surface area contributed by atoms with Crippen molar-refractivity contribution in [3.8, 4) is 0 Å². The summed E-state index contributed by atoms with van der Waals surface area (Å²) >= 11 is 0. The van der Waals surface area contributed by atoms with Gasteiger partial charge in [-0.1, -0.05) is 0 Å². The highest BCUT2D eigenvalue weighted by molar-refractivity contribution is 7.89. The Morgan fingerprint density at radius 3 is 2.20 bits per heavy atom. The van der Waals surface area contributed by atoms with E-state index in [2.05, 4.69) is 5.32 Å². The molecule has 9 heteroatoms. The van der Waals surface area contributed by atoms with E-state index in [1.807, 2.05) is 0 Å². The summed E-state index contributed by atoms with van der Waals surface area (Å²) in [6.45, 7) is 0.851. The summed E-state index contributed by atoms with van der Waals surface area (Å²) in [7, 11) is -3.55. The van der Waals surface area contributed by atoms with Gasteiger partial charge in [0, 0.05) is 25.7 Å². The third kappa shape index (κ3) is 2.40. The predicted octanol–water partition coefficient (Wildman–Crippen LogP) is 1.23. The van der Waals surface area contributed by atoms with Gasteiger partial charge in [0.05, 0.1) is 0 Å². The molecule has 20 heavy (non-hydrogen) atoms. The van der Waals surface area contributed by atoms with Crippen molar-refractivity contribution < 1.29 is 26.0 Å². The van der Waals surface area contributed by atoms with Crippen molar-refractivity contribution in [2.75, 3.05) is 20.1 Å². The summed E-state index contributed by atoms with van der Waals surface area (Å²) in [5.74, 6) is -7.33. The van der Waals surface area contributed by atoms with Crippen LogP contribution in [0.3, 0.4) is 0 Å². The number of halogens is 4. The lowest BCUT2D eigenvalue weighted by Crippen LogP contribution is -2.39. The number of hydrogen-bond donors (Lipinski definition) is 1. The van der Waals surface area contributed by atoms with Crippen molar-refractivity contribution in [2.24, 2.45) is 0 Å². The third-order valence-corrected chi connectivity index (χ3v) is 5.19. The quantitative estimate of drug-likeness (QED) is 0.674. The number of nitrogens with one attached hydrogen (secondary N) is 1. The van der Waals surface area contributed by atoms with E-state index in [1.165, 1.54) is 0 Å². The van der Waals surface area contributed by atoms with Gasteiger partial charge in [0.1, 0.15) is 0 Å². The van der Waals surface area contributed by atoms with Crippen LogP contribution in [-0.2, 0) is 10.0 Å². The van der Waals surface area contributed by atoms with Crippen LogP contribution in [-0.4, -0.2) is 38.9 Å². The molecule has 1 N–H and O–H groups in total. The maximum atomic E-state index is 13.6. The van der Waals surface area contributed by atoms with E-state index < -0.39 is 44.2 Å². The smallest absolute Gasteiger partial charge is 0.249 e. The van der Waals surface area contributed by atoms with Crippen molar-refractivity contribution in [3.63, 3.8) is 0 Å². The maximum Gasteiger partial charge on any atom is 0.249 e. The SMILES string of the molecule is CN(C1CCNC1)S(=O)(=O)c1c(F)c(F)cc(F)c1F. The number of sulfonamides is 1. The second kappa shape index (κ2) is 5.30. The molecule has 1 unspecified atom stereocenters. The van der Waals surface area contributed by atoms with E-state index in [4.69, 9.17) is 0 Å². The van der Waals surface area contributed by atoms with Crippen molar-refractivity contribution in [1.82, 2.24) is 9.62 Å². The number of likely N-dealkylation sites (N-methyl/N-ethyl adjacent to an activating group) is 1. The van der Waals surface area contributed by atoms with Crippen LogP contribution in [0.4, 0.5) is 17.6 Å². The zero-order valence-corrected chi connectivity index (χ0v) is 11.3. The number of rotatable bonds is 3. The molecule has 1 aromatic rings. The van der Waals surface area contributed by atoms with Gasteiger partial charge in [-0.05, 0) is 13.0 Å². The lowest BCUT2D eigenvalue weighted by Gasteiger charge is -2.23. The van der Waals surface area contributed by atoms with Crippen LogP contribution in [0.2, 0.25) is 0 Å². The molecule has 1 heterocycles. The fraction of sp³-hybridized carbons (Fsp3) is 0.455. The normalized spacial score (nSPS) is 19.8. The summed E-state index contributed by atoms with van der Waals surface area (Å²) in [6, 6.07) is -0.550. The van der Waals surface area contributed by atoms with Crippen LogP contribution in [0.5, 0.6) is 0 Å². The molecule has 1 fully saturated rings. The Balaban J connectivity index is 2.54. The number of hydrogen-bond acceptors (Lipinski definition) is 3. The summed E-state index contributed by atoms with van der Waals surface area (Å²) in [5, 5.41) is 2.89. The van der Waals surface area contributed by atoms with Crippen LogP contribution in [0, 0.1) is 23.3 Å². The highest BCUT2D eigenvalue weighted by Gasteiger charge is 2.36.